The third-order valence-corrected chi connectivity index (χ3v) is 13.4. The van der Waals surface area contributed by atoms with Crippen molar-refractivity contribution < 1.29 is 13.7 Å². The van der Waals surface area contributed by atoms with Crippen LogP contribution in [0.5, 0.6) is 0 Å². The summed E-state index contributed by atoms with van der Waals surface area (Å²) in [6, 6.07) is 19.2. The number of anilines is 1. The van der Waals surface area contributed by atoms with E-state index in [1.54, 1.807) is 74.2 Å². The van der Waals surface area contributed by atoms with Gasteiger partial charge in [0.25, 0.3) is 5.91 Å². The zero-order chi connectivity index (χ0) is 45.2. The number of rotatable bonds is 8. The number of halogens is 1. The minimum Gasteiger partial charge on any atom is -0.363 e. The number of hydrogen-bond donors (Lipinski definition) is 1. The maximum absolute atomic E-state index is 15.4. The number of imidazole rings is 1. The van der Waals surface area contributed by atoms with Crippen molar-refractivity contribution >= 4 is 33.5 Å². The third-order valence-electron chi connectivity index (χ3n) is 13.4. The maximum Gasteiger partial charge on any atom is 0.438 e. The van der Waals surface area contributed by atoms with Crippen molar-refractivity contribution in [2.75, 3.05) is 25.5 Å². The van der Waals surface area contributed by atoms with Crippen LogP contribution in [0.15, 0.2) is 99.6 Å². The quantitative estimate of drug-likeness (QED) is 0.180. The molecule has 0 bridgehead atoms. The molecule has 16 nitrogen and oxygen atoms in total. The van der Waals surface area contributed by atoms with Crippen LogP contribution < -0.4 is 16.3 Å². The lowest BCUT2D eigenvalue weighted by Gasteiger charge is -2.29. The number of aromatic nitrogens is 10. The van der Waals surface area contributed by atoms with Crippen molar-refractivity contribution in [2.24, 2.45) is 13.0 Å². The molecule has 2 atom stereocenters. The smallest absolute Gasteiger partial charge is 0.363 e. The molecule has 1 aliphatic heterocycles. The average molecular weight is 873 g/mol. The van der Waals surface area contributed by atoms with Crippen LogP contribution in [-0.4, -0.2) is 79.8 Å². The summed E-state index contributed by atoms with van der Waals surface area (Å²) in [6.45, 7) is 7.99. The Morgan fingerprint density at radius 3 is 2.42 bits per heavy atom. The minimum absolute atomic E-state index is 0.00497. The summed E-state index contributed by atoms with van der Waals surface area (Å²) < 4.78 is 28.7. The number of amides is 1. The molecule has 7 heterocycles. The summed E-state index contributed by atoms with van der Waals surface area (Å²) in [4.78, 5) is 53.6. The van der Waals surface area contributed by atoms with Gasteiger partial charge < -0.3 is 14.4 Å². The molecule has 9 aromatic rings. The van der Waals surface area contributed by atoms with Crippen LogP contribution in [0.1, 0.15) is 57.6 Å². The van der Waals surface area contributed by atoms with Crippen LogP contribution in [0.2, 0.25) is 0 Å². The first-order valence-corrected chi connectivity index (χ1v) is 21.5. The van der Waals surface area contributed by atoms with Gasteiger partial charge >= 0.3 is 11.4 Å². The zero-order valence-corrected chi connectivity index (χ0v) is 36.9. The van der Waals surface area contributed by atoms with Gasteiger partial charge in [-0.15, -0.1) is 0 Å². The second-order valence-corrected chi connectivity index (χ2v) is 17.7. The lowest BCUT2D eigenvalue weighted by atomic mass is 10.00. The van der Waals surface area contributed by atoms with E-state index in [4.69, 9.17) is 9.62 Å². The van der Waals surface area contributed by atoms with E-state index < -0.39 is 11.3 Å². The number of nitrogens with one attached hydrogen (secondary N) is 1. The van der Waals surface area contributed by atoms with Gasteiger partial charge in [-0.2, -0.15) is 10.2 Å². The Bertz CT molecular complexity index is 3540. The Morgan fingerprint density at radius 1 is 0.938 bits per heavy atom. The maximum atomic E-state index is 15.4. The Morgan fingerprint density at radius 2 is 1.69 bits per heavy atom. The van der Waals surface area contributed by atoms with Gasteiger partial charge in [0.1, 0.15) is 28.7 Å². The largest absolute Gasteiger partial charge is 0.438 e. The molecule has 328 valence electrons. The Kier molecular flexibility index (Phi) is 8.83. The standard InChI is InChI=1S/C48H45FN12O4/c1-26-18-34(19-27(2)41(26)49)61-43(59-17-16-58(47(59)64)33-9-11-38-32(21-33)24-51-56(38)7)36-25-57(15-13-37(36)53-61)44(62)40-22-31-20-30(35-12-14-50-42(29(35)4)55(5)6)8-10-39(31)60(40)48(23-28(48)3)45-52-46(63)65-54-45/h8-12,14,16-22,24,28H,13,15,23,25H2,1-7H3,(H,52,54,63)/t28-,48-/m0/s1. The summed E-state index contributed by atoms with van der Waals surface area (Å²) in [6.07, 6.45) is 7.98. The fraction of sp³-hybridized carbons (Fsp3) is 0.271. The molecule has 11 rings (SSSR count). The molecule has 3 aromatic carbocycles. The first-order chi connectivity index (χ1) is 31.2. The Hall–Kier alpha value is -7.82. The predicted molar refractivity (Wildman–Crippen MR) is 243 cm³/mol. The molecule has 17 heteroatoms. The van der Waals surface area contributed by atoms with Gasteiger partial charge in [-0.05, 0) is 116 Å². The number of nitrogens with zero attached hydrogens (tertiary/aromatic N) is 11. The van der Waals surface area contributed by atoms with Crippen molar-refractivity contribution in [2.45, 2.75) is 52.6 Å². The molecular formula is C48H45FN12O4. The second kappa shape index (κ2) is 14.4. The van der Waals surface area contributed by atoms with Gasteiger partial charge in [0, 0.05) is 74.6 Å². The van der Waals surface area contributed by atoms with Gasteiger partial charge in [-0.25, -0.2) is 23.6 Å². The number of benzene rings is 3. The monoisotopic (exact) mass is 872 g/mol. The third kappa shape index (κ3) is 6.04. The van der Waals surface area contributed by atoms with Crippen molar-refractivity contribution in [3.05, 3.63) is 152 Å². The lowest BCUT2D eigenvalue weighted by Crippen LogP contribution is -2.39. The number of aryl methyl sites for hydroxylation is 3. The zero-order valence-electron chi connectivity index (χ0n) is 36.9. The second-order valence-electron chi connectivity index (χ2n) is 17.7. The number of aromatic amines is 1. The number of H-pyrrole nitrogens is 1. The van der Waals surface area contributed by atoms with Gasteiger partial charge in [0.2, 0.25) is 0 Å². The van der Waals surface area contributed by atoms with Gasteiger partial charge in [0.15, 0.2) is 5.82 Å². The molecule has 1 saturated carbocycles. The van der Waals surface area contributed by atoms with Crippen molar-refractivity contribution in [3.8, 4) is 28.3 Å². The topological polar surface area (TPSA) is 163 Å². The number of hydrogen-bond acceptors (Lipinski definition) is 9. The molecule has 1 aliphatic carbocycles. The van der Waals surface area contributed by atoms with Crippen LogP contribution >= 0.6 is 0 Å². The van der Waals surface area contributed by atoms with Crippen molar-refractivity contribution in [1.82, 2.24) is 53.3 Å². The predicted octanol–water partition coefficient (Wildman–Crippen LogP) is 6.51. The summed E-state index contributed by atoms with van der Waals surface area (Å²) >= 11 is 0. The molecule has 6 aromatic heterocycles. The molecule has 1 fully saturated rings. The highest BCUT2D eigenvalue weighted by Gasteiger charge is 2.59. The molecular weight excluding hydrogens is 828 g/mol. The van der Waals surface area contributed by atoms with Gasteiger partial charge in [-0.1, -0.05) is 18.1 Å². The normalized spacial score (nSPS) is 17.0. The molecule has 1 N–H and O–H groups in total. The number of fused-ring (bicyclic) bond motifs is 3. The molecule has 1 amide bonds. The van der Waals surface area contributed by atoms with E-state index in [9.17, 15) is 9.59 Å². The summed E-state index contributed by atoms with van der Waals surface area (Å²) in [5.41, 5.74) is 7.50. The number of carbonyl (C=O) groups excluding carboxylic acids is 1. The van der Waals surface area contributed by atoms with Gasteiger partial charge in [0.05, 0.1) is 35.3 Å². The van der Waals surface area contributed by atoms with Crippen molar-refractivity contribution in [1.29, 1.82) is 0 Å². The highest BCUT2D eigenvalue weighted by Crippen LogP contribution is 2.56. The molecule has 0 unspecified atom stereocenters. The van der Waals surface area contributed by atoms with Crippen molar-refractivity contribution in [3.63, 3.8) is 0 Å². The summed E-state index contributed by atoms with van der Waals surface area (Å²) in [5, 5.41) is 15.3. The first-order valence-electron chi connectivity index (χ1n) is 21.5. The minimum atomic E-state index is -0.852. The van der Waals surface area contributed by atoms with E-state index in [0.29, 0.717) is 64.8 Å². The SMILES string of the molecule is Cc1cc(-n2nc3c(c2-n2ccn(-c4ccc5c(cnn5C)c4)c2=O)CN(C(=O)c2cc4cc(-c5ccnc(N(C)C)c5C)ccc4n2[C@@]2(c4noc(=O)[nH]4)C[C@@H]2C)CC3)cc(C)c1F. The number of carbonyl (C=O) groups is 1. The van der Waals surface area contributed by atoms with Crippen LogP contribution in [0.25, 0.3) is 50.1 Å². The van der Waals surface area contributed by atoms with E-state index >= 15 is 9.18 Å². The van der Waals surface area contributed by atoms with Crippen LogP contribution in [-0.2, 0) is 25.6 Å². The molecule has 65 heavy (non-hydrogen) atoms. The van der Waals surface area contributed by atoms with E-state index in [1.165, 1.54) is 0 Å². The first kappa shape index (κ1) is 40.0. The molecule has 0 radical (unpaired) electrons. The molecule has 0 saturated heterocycles. The van der Waals surface area contributed by atoms with E-state index in [2.05, 4.69) is 33.2 Å². The van der Waals surface area contributed by atoms with Crippen LogP contribution in [0.3, 0.4) is 0 Å². The summed E-state index contributed by atoms with van der Waals surface area (Å²) in [5.74, 6) is 0.450. The lowest BCUT2D eigenvalue weighted by molar-refractivity contribution is 0.0721. The van der Waals surface area contributed by atoms with Crippen LogP contribution in [0, 0.1) is 32.5 Å². The average Bonchev–Trinajstić information content (AvgIpc) is 3.91. The molecule has 0 spiro atoms. The molecule has 2 aliphatic rings. The number of pyridine rings is 1. The Balaban J connectivity index is 1.05. The fourth-order valence-corrected chi connectivity index (χ4v) is 10.0. The highest BCUT2D eigenvalue weighted by molar-refractivity contribution is 6.00. The van der Waals surface area contributed by atoms with E-state index in [1.807, 2.05) is 80.0 Å². The fourth-order valence-electron chi connectivity index (χ4n) is 10.0. The van der Waals surface area contributed by atoms with Crippen LogP contribution in [0.4, 0.5) is 10.2 Å². The van der Waals surface area contributed by atoms with Gasteiger partial charge in [-0.3, -0.25) is 28.1 Å². The van der Waals surface area contributed by atoms with E-state index in [0.717, 1.165) is 50.0 Å². The summed E-state index contributed by atoms with van der Waals surface area (Å²) in [7, 11) is 5.79. The highest BCUT2D eigenvalue weighted by atomic mass is 19.1. The van der Waals surface area contributed by atoms with E-state index in [-0.39, 0.29) is 29.9 Å². The Labute approximate surface area is 370 Å².